The van der Waals surface area contributed by atoms with E-state index in [2.05, 4.69) is 20.7 Å². The van der Waals surface area contributed by atoms with Gasteiger partial charge < -0.3 is 10.6 Å². The molecule has 2 amide bonds. The van der Waals surface area contributed by atoms with Crippen molar-refractivity contribution in [3.8, 4) is 16.9 Å². The van der Waals surface area contributed by atoms with Gasteiger partial charge in [0.05, 0.1) is 21.3 Å². The first-order valence-electron chi connectivity index (χ1n) is 10.8. The molecule has 1 aliphatic rings. The summed E-state index contributed by atoms with van der Waals surface area (Å²) in [6.45, 7) is 0. The van der Waals surface area contributed by atoms with Crippen LogP contribution in [0, 0.1) is 5.82 Å². The number of pyridine rings is 1. The van der Waals surface area contributed by atoms with Gasteiger partial charge in [-0.3, -0.25) is 14.6 Å². The number of carbonyl (C=O) groups excluding carboxylic acids is 2. The first kappa shape index (κ1) is 23.0. The maximum absolute atomic E-state index is 14.3. The van der Waals surface area contributed by atoms with Crippen molar-refractivity contribution in [2.24, 2.45) is 0 Å². The van der Waals surface area contributed by atoms with Gasteiger partial charge in [-0.05, 0) is 49.2 Å². The van der Waals surface area contributed by atoms with E-state index in [4.69, 9.17) is 23.2 Å². The van der Waals surface area contributed by atoms with Gasteiger partial charge in [0.15, 0.2) is 5.69 Å². The number of anilines is 1. The molecule has 0 radical (unpaired) electrons. The molecule has 5 rings (SSSR count). The lowest BCUT2D eigenvalue weighted by molar-refractivity contribution is 0.0944. The summed E-state index contributed by atoms with van der Waals surface area (Å²) in [5.41, 5.74) is 1.08. The summed E-state index contributed by atoms with van der Waals surface area (Å²) < 4.78 is 15.8. The highest BCUT2D eigenvalue weighted by Crippen LogP contribution is 2.33. The fourth-order valence-corrected chi connectivity index (χ4v) is 4.06. The number of hydrogen-bond donors (Lipinski definition) is 2. The van der Waals surface area contributed by atoms with E-state index in [1.165, 1.54) is 41.2 Å². The van der Waals surface area contributed by atoms with Gasteiger partial charge in [0.2, 0.25) is 0 Å². The van der Waals surface area contributed by atoms with Gasteiger partial charge in [-0.25, -0.2) is 9.07 Å². The molecule has 176 valence electrons. The predicted molar refractivity (Wildman–Crippen MR) is 132 cm³/mol. The second-order valence-electron chi connectivity index (χ2n) is 8.01. The number of para-hydroxylation sites is 1. The third kappa shape index (κ3) is 4.89. The third-order valence-electron chi connectivity index (χ3n) is 5.41. The standard InChI is InChI=1S/C25H18Cl2FN5O2/c26-18-12-19(27)17(11-16(18)23-20(28)7-4-10-29-23)24(34)31-22-13-21(25(35)30-14-8-9-14)32-33(22)15-5-2-1-3-6-15/h1-7,10-14H,8-9H2,(H,30,35)(H,31,34). The van der Waals surface area contributed by atoms with E-state index in [1.807, 2.05) is 18.2 Å². The molecule has 0 spiro atoms. The minimum atomic E-state index is -0.588. The Balaban J connectivity index is 1.51. The van der Waals surface area contributed by atoms with Crippen molar-refractivity contribution in [3.63, 3.8) is 0 Å². The summed E-state index contributed by atoms with van der Waals surface area (Å²) in [6, 6.07) is 16.2. The molecule has 0 saturated heterocycles. The van der Waals surface area contributed by atoms with Gasteiger partial charge >= 0.3 is 0 Å². The van der Waals surface area contributed by atoms with Crippen LogP contribution in [-0.2, 0) is 0 Å². The average molecular weight is 510 g/mol. The van der Waals surface area contributed by atoms with Crippen molar-refractivity contribution in [1.82, 2.24) is 20.1 Å². The van der Waals surface area contributed by atoms with Crippen molar-refractivity contribution < 1.29 is 14.0 Å². The Morgan fingerprint density at radius 1 is 0.971 bits per heavy atom. The smallest absolute Gasteiger partial charge is 0.272 e. The summed E-state index contributed by atoms with van der Waals surface area (Å²) in [5.74, 6) is -1.24. The molecule has 0 bridgehead atoms. The SMILES string of the molecule is O=C(NC1CC1)c1cc(NC(=O)c2cc(-c3ncccc3F)c(Cl)cc2Cl)n(-c2ccccc2)n1. The number of nitrogens with zero attached hydrogens (tertiary/aromatic N) is 3. The van der Waals surface area contributed by atoms with E-state index in [-0.39, 0.29) is 50.3 Å². The van der Waals surface area contributed by atoms with Gasteiger partial charge in [0.1, 0.15) is 17.3 Å². The lowest BCUT2D eigenvalue weighted by atomic mass is 10.1. The number of aromatic nitrogens is 3. The summed E-state index contributed by atoms with van der Waals surface area (Å²) in [4.78, 5) is 29.9. The first-order valence-corrected chi connectivity index (χ1v) is 11.5. The second kappa shape index (κ2) is 9.48. The van der Waals surface area contributed by atoms with Gasteiger partial charge in [-0.15, -0.1) is 0 Å². The van der Waals surface area contributed by atoms with Gasteiger partial charge in [0.25, 0.3) is 11.8 Å². The van der Waals surface area contributed by atoms with E-state index in [0.29, 0.717) is 5.69 Å². The van der Waals surface area contributed by atoms with Crippen LogP contribution in [0.1, 0.15) is 33.7 Å². The number of hydrogen-bond acceptors (Lipinski definition) is 4. The lowest BCUT2D eigenvalue weighted by Gasteiger charge is -2.12. The monoisotopic (exact) mass is 509 g/mol. The molecule has 7 nitrogen and oxygen atoms in total. The number of benzene rings is 2. The van der Waals surface area contributed by atoms with Crippen LogP contribution in [0.5, 0.6) is 0 Å². The summed E-state index contributed by atoms with van der Waals surface area (Å²) >= 11 is 12.6. The van der Waals surface area contributed by atoms with Crippen LogP contribution in [0.3, 0.4) is 0 Å². The Bertz CT molecular complexity index is 1440. The average Bonchev–Trinajstić information content (AvgIpc) is 3.56. The van der Waals surface area contributed by atoms with E-state index in [1.54, 1.807) is 12.1 Å². The molecule has 2 heterocycles. The van der Waals surface area contributed by atoms with Crippen LogP contribution >= 0.6 is 23.2 Å². The quantitative estimate of drug-likeness (QED) is 0.357. The molecule has 4 aromatic rings. The number of carbonyl (C=O) groups is 2. The molecule has 1 saturated carbocycles. The number of nitrogens with one attached hydrogen (secondary N) is 2. The van der Waals surface area contributed by atoms with E-state index >= 15 is 0 Å². The second-order valence-corrected chi connectivity index (χ2v) is 8.82. The molecule has 0 unspecified atom stereocenters. The highest BCUT2D eigenvalue weighted by atomic mass is 35.5. The fraction of sp³-hybridized carbons (Fsp3) is 0.120. The zero-order valence-electron chi connectivity index (χ0n) is 18.1. The Labute approximate surface area is 209 Å². The Hall–Kier alpha value is -3.75. The maximum atomic E-state index is 14.3. The maximum Gasteiger partial charge on any atom is 0.272 e. The minimum Gasteiger partial charge on any atom is -0.348 e. The van der Waals surface area contributed by atoms with Crippen LogP contribution in [0.2, 0.25) is 10.0 Å². The zero-order chi connectivity index (χ0) is 24.5. The molecule has 10 heteroatoms. The number of halogens is 3. The van der Waals surface area contributed by atoms with Crippen LogP contribution in [0.4, 0.5) is 10.2 Å². The highest BCUT2D eigenvalue weighted by Gasteiger charge is 2.26. The Morgan fingerprint density at radius 2 is 1.74 bits per heavy atom. The van der Waals surface area contributed by atoms with Crippen molar-refractivity contribution >= 4 is 40.8 Å². The Morgan fingerprint density at radius 3 is 2.46 bits per heavy atom. The highest BCUT2D eigenvalue weighted by molar-refractivity contribution is 6.38. The molecular formula is C25H18Cl2FN5O2. The molecule has 2 aromatic heterocycles. The van der Waals surface area contributed by atoms with Crippen molar-refractivity contribution in [1.29, 1.82) is 0 Å². The van der Waals surface area contributed by atoms with E-state index < -0.39 is 11.7 Å². The van der Waals surface area contributed by atoms with Crippen molar-refractivity contribution in [2.75, 3.05) is 5.32 Å². The zero-order valence-corrected chi connectivity index (χ0v) is 19.6. The van der Waals surface area contributed by atoms with E-state index in [0.717, 1.165) is 12.8 Å². The first-order chi connectivity index (χ1) is 16.9. The van der Waals surface area contributed by atoms with Crippen LogP contribution in [-0.4, -0.2) is 32.6 Å². The number of amides is 2. The van der Waals surface area contributed by atoms with Crippen molar-refractivity contribution in [3.05, 3.63) is 94.0 Å². The predicted octanol–water partition coefficient (Wildman–Crippen LogP) is 5.52. The topological polar surface area (TPSA) is 88.9 Å². The van der Waals surface area contributed by atoms with Gasteiger partial charge in [0, 0.05) is 23.9 Å². The van der Waals surface area contributed by atoms with Crippen LogP contribution < -0.4 is 10.6 Å². The van der Waals surface area contributed by atoms with Crippen LogP contribution in [0.15, 0.2) is 66.9 Å². The molecule has 35 heavy (non-hydrogen) atoms. The lowest BCUT2D eigenvalue weighted by Crippen LogP contribution is -2.25. The van der Waals surface area contributed by atoms with Gasteiger partial charge in [-0.1, -0.05) is 41.4 Å². The third-order valence-corrected chi connectivity index (χ3v) is 6.04. The summed E-state index contributed by atoms with van der Waals surface area (Å²) in [5, 5.41) is 10.3. The molecule has 2 aromatic carbocycles. The van der Waals surface area contributed by atoms with Crippen molar-refractivity contribution in [2.45, 2.75) is 18.9 Å². The molecule has 1 aliphatic carbocycles. The fourth-order valence-electron chi connectivity index (χ4n) is 3.51. The molecule has 0 aliphatic heterocycles. The molecular weight excluding hydrogens is 492 g/mol. The largest absolute Gasteiger partial charge is 0.348 e. The summed E-state index contributed by atoms with van der Waals surface area (Å²) in [6.07, 6.45) is 3.29. The minimum absolute atomic E-state index is 0.00317. The van der Waals surface area contributed by atoms with Crippen LogP contribution in [0.25, 0.3) is 16.9 Å². The number of rotatable bonds is 6. The molecule has 0 atom stereocenters. The molecule has 1 fully saturated rings. The van der Waals surface area contributed by atoms with E-state index in [9.17, 15) is 14.0 Å². The molecule has 2 N–H and O–H groups in total. The van der Waals surface area contributed by atoms with Gasteiger partial charge in [-0.2, -0.15) is 5.10 Å². The normalized spacial score (nSPS) is 12.9. The summed E-state index contributed by atoms with van der Waals surface area (Å²) in [7, 11) is 0. The Kier molecular flexibility index (Phi) is 6.23.